The second kappa shape index (κ2) is 9.41. The molecular weight excluding hydrogens is 402 g/mol. The molecule has 2 aromatic rings. The van der Waals surface area contributed by atoms with Crippen LogP contribution in [0.5, 0.6) is 11.5 Å². The lowest BCUT2D eigenvalue weighted by Gasteiger charge is -2.27. The number of carbonyl (C=O) groups is 1. The van der Waals surface area contributed by atoms with Gasteiger partial charge in [-0.05, 0) is 94.1 Å². The number of rotatable bonds is 5. The second-order valence-electron chi connectivity index (χ2n) is 9.11. The zero-order chi connectivity index (χ0) is 22.7. The zero-order valence-corrected chi connectivity index (χ0v) is 19.7. The Labute approximate surface area is 191 Å². The van der Waals surface area contributed by atoms with Crippen LogP contribution >= 0.6 is 0 Å². The van der Waals surface area contributed by atoms with Crippen molar-refractivity contribution < 1.29 is 14.3 Å². The van der Waals surface area contributed by atoms with Crippen molar-refractivity contribution in [2.75, 3.05) is 46.2 Å². The molecule has 32 heavy (non-hydrogen) atoms. The number of hydrogen-bond acceptors (Lipinski definition) is 5. The van der Waals surface area contributed by atoms with Gasteiger partial charge >= 0.3 is 0 Å². The van der Waals surface area contributed by atoms with Crippen LogP contribution in [0.4, 0.5) is 5.69 Å². The van der Waals surface area contributed by atoms with E-state index in [1.54, 1.807) is 14.2 Å². The third-order valence-corrected chi connectivity index (χ3v) is 6.77. The average Bonchev–Trinajstić information content (AvgIpc) is 3.57. The lowest BCUT2D eigenvalue weighted by Crippen LogP contribution is -2.36. The number of anilines is 1. The third-order valence-electron chi connectivity index (χ3n) is 6.77. The number of benzene rings is 2. The first kappa shape index (κ1) is 22.5. The van der Waals surface area contributed by atoms with Gasteiger partial charge in [0.25, 0.3) is 5.91 Å². The molecule has 2 fully saturated rings. The van der Waals surface area contributed by atoms with Gasteiger partial charge in [0, 0.05) is 23.9 Å². The van der Waals surface area contributed by atoms with Crippen LogP contribution in [0.1, 0.15) is 52.7 Å². The predicted octanol–water partition coefficient (Wildman–Crippen LogP) is 4.11. The van der Waals surface area contributed by atoms with Crippen LogP contribution in [0.2, 0.25) is 0 Å². The van der Waals surface area contributed by atoms with Gasteiger partial charge in [0.15, 0.2) is 0 Å². The molecule has 2 aliphatic heterocycles. The molecule has 0 atom stereocenters. The fourth-order valence-corrected chi connectivity index (χ4v) is 4.42. The average molecular weight is 438 g/mol. The van der Waals surface area contributed by atoms with Crippen molar-refractivity contribution in [1.82, 2.24) is 10.2 Å². The molecule has 2 heterocycles. The Balaban J connectivity index is 0.000000433. The highest BCUT2D eigenvalue weighted by atomic mass is 16.5. The summed E-state index contributed by atoms with van der Waals surface area (Å²) in [4.78, 5) is 15.4. The number of likely N-dealkylation sites (tertiary alicyclic amines) is 1. The van der Waals surface area contributed by atoms with E-state index in [4.69, 9.17) is 9.47 Å². The van der Waals surface area contributed by atoms with Gasteiger partial charge in [-0.25, -0.2) is 0 Å². The Kier molecular flexibility index (Phi) is 6.60. The number of fused-ring (bicyclic) bond motifs is 1. The van der Waals surface area contributed by atoms with E-state index >= 15 is 0 Å². The predicted molar refractivity (Wildman–Crippen MR) is 128 cm³/mol. The Hall–Kier alpha value is -2.73. The minimum Gasteiger partial charge on any atom is -0.497 e. The summed E-state index contributed by atoms with van der Waals surface area (Å²) >= 11 is 0. The maximum absolute atomic E-state index is 13.1. The SMILES string of the molecule is CN1CCC1.COc1ccc(C)c(C(=O)NC2(c3cc(OC)cc4c3CCCN4)CC2)c1. The summed E-state index contributed by atoms with van der Waals surface area (Å²) in [5.74, 6) is 1.47. The van der Waals surface area contributed by atoms with Gasteiger partial charge in [0.2, 0.25) is 0 Å². The minimum atomic E-state index is -0.301. The summed E-state index contributed by atoms with van der Waals surface area (Å²) in [6.07, 6.45) is 5.43. The molecule has 172 valence electrons. The molecule has 0 spiro atoms. The summed E-state index contributed by atoms with van der Waals surface area (Å²) < 4.78 is 10.8. The van der Waals surface area contributed by atoms with E-state index in [1.807, 2.05) is 25.1 Å². The van der Waals surface area contributed by atoms with Crippen LogP contribution in [0.25, 0.3) is 0 Å². The molecule has 2 N–H and O–H groups in total. The molecule has 1 amide bonds. The maximum Gasteiger partial charge on any atom is 0.252 e. The van der Waals surface area contributed by atoms with E-state index in [2.05, 4.69) is 34.7 Å². The topological polar surface area (TPSA) is 62.8 Å². The molecule has 0 bridgehead atoms. The van der Waals surface area contributed by atoms with Gasteiger partial charge in [-0.2, -0.15) is 0 Å². The highest BCUT2D eigenvalue weighted by Crippen LogP contribution is 2.50. The number of nitrogens with zero attached hydrogens (tertiary/aromatic N) is 1. The van der Waals surface area contributed by atoms with Crippen molar-refractivity contribution in [3.8, 4) is 11.5 Å². The first-order valence-electron chi connectivity index (χ1n) is 11.6. The van der Waals surface area contributed by atoms with Gasteiger partial charge in [-0.1, -0.05) is 6.07 Å². The molecule has 0 radical (unpaired) electrons. The Morgan fingerprint density at radius 3 is 2.38 bits per heavy atom. The molecule has 1 saturated heterocycles. The van der Waals surface area contributed by atoms with Crippen molar-refractivity contribution in [2.24, 2.45) is 0 Å². The van der Waals surface area contributed by atoms with E-state index in [0.717, 1.165) is 49.2 Å². The van der Waals surface area contributed by atoms with E-state index in [1.165, 1.54) is 30.6 Å². The van der Waals surface area contributed by atoms with Gasteiger partial charge < -0.3 is 25.0 Å². The van der Waals surface area contributed by atoms with E-state index in [0.29, 0.717) is 11.3 Å². The Morgan fingerprint density at radius 2 is 1.78 bits per heavy atom. The number of methoxy groups -OCH3 is 2. The van der Waals surface area contributed by atoms with Crippen molar-refractivity contribution in [1.29, 1.82) is 0 Å². The van der Waals surface area contributed by atoms with Crippen molar-refractivity contribution >= 4 is 11.6 Å². The summed E-state index contributed by atoms with van der Waals surface area (Å²) in [5, 5.41) is 6.79. The number of amides is 1. The number of nitrogens with one attached hydrogen (secondary N) is 2. The summed E-state index contributed by atoms with van der Waals surface area (Å²) in [7, 11) is 5.44. The second-order valence-corrected chi connectivity index (χ2v) is 9.11. The molecule has 6 heteroatoms. The zero-order valence-electron chi connectivity index (χ0n) is 19.7. The first-order chi connectivity index (χ1) is 15.5. The van der Waals surface area contributed by atoms with Gasteiger partial charge in [0.1, 0.15) is 11.5 Å². The van der Waals surface area contributed by atoms with Gasteiger partial charge in [-0.15, -0.1) is 0 Å². The molecule has 2 aromatic carbocycles. The highest BCUT2D eigenvalue weighted by Gasteiger charge is 2.48. The van der Waals surface area contributed by atoms with Gasteiger partial charge in [-0.3, -0.25) is 4.79 Å². The number of ether oxygens (including phenoxy) is 2. The highest BCUT2D eigenvalue weighted by molar-refractivity contribution is 5.97. The number of aryl methyl sites for hydroxylation is 1. The van der Waals surface area contributed by atoms with E-state index < -0.39 is 0 Å². The monoisotopic (exact) mass is 437 g/mol. The molecule has 5 rings (SSSR count). The smallest absolute Gasteiger partial charge is 0.252 e. The molecule has 1 saturated carbocycles. The standard InChI is InChI=1S/C22H26N2O3.C4H9N/c1-14-6-7-15(26-2)11-18(14)21(25)24-22(8-9-22)19-12-16(27-3)13-20-17(19)5-4-10-23-20;1-5-3-2-4-5/h6-7,11-13,23H,4-5,8-10H2,1-3H3,(H,24,25);2-4H2,1H3. The number of carbonyl (C=O) groups excluding carboxylic acids is 1. The quantitative estimate of drug-likeness (QED) is 0.737. The van der Waals surface area contributed by atoms with E-state index in [9.17, 15) is 4.79 Å². The van der Waals surface area contributed by atoms with Crippen molar-refractivity contribution in [3.05, 3.63) is 52.6 Å². The fraction of sp³-hybridized carbons (Fsp3) is 0.500. The molecule has 0 unspecified atom stereocenters. The van der Waals surface area contributed by atoms with Gasteiger partial charge in [0.05, 0.1) is 19.8 Å². The third kappa shape index (κ3) is 4.70. The Morgan fingerprint density at radius 1 is 1.06 bits per heavy atom. The Bertz CT molecular complexity index is 981. The maximum atomic E-state index is 13.1. The van der Waals surface area contributed by atoms with Crippen LogP contribution < -0.4 is 20.1 Å². The lowest BCUT2D eigenvalue weighted by molar-refractivity contribution is 0.0929. The molecular formula is C26H35N3O3. The first-order valence-corrected chi connectivity index (χ1v) is 11.6. The summed E-state index contributed by atoms with van der Waals surface area (Å²) in [5.41, 5.74) is 4.94. The van der Waals surface area contributed by atoms with Crippen LogP contribution in [-0.2, 0) is 12.0 Å². The molecule has 6 nitrogen and oxygen atoms in total. The van der Waals surface area contributed by atoms with Crippen molar-refractivity contribution in [3.63, 3.8) is 0 Å². The fourth-order valence-electron chi connectivity index (χ4n) is 4.42. The van der Waals surface area contributed by atoms with Crippen LogP contribution in [0.3, 0.4) is 0 Å². The lowest BCUT2D eigenvalue weighted by atomic mass is 9.91. The van der Waals surface area contributed by atoms with Crippen LogP contribution in [0, 0.1) is 6.92 Å². The number of hydrogen-bond donors (Lipinski definition) is 2. The minimum absolute atomic E-state index is 0.0516. The van der Waals surface area contributed by atoms with Crippen LogP contribution in [0.15, 0.2) is 30.3 Å². The molecule has 3 aliphatic rings. The normalized spacial score (nSPS) is 18.1. The molecule has 0 aromatic heterocycles. The summed E-state index contributed by atoms with van der Waals surface area (Å²) in [6.45, 7) is 5.56. The van der Waals surface area contributed by atoms with Crippen molar-refractivity contribution in [2.45, 2.75) is 44.6 Å². The largest absolute Gasteiger partial charge is 0.497 e. The summed E-state index contributed by atoms with van der Waals surface area (Å²) in [6, 6.07) is 9.76. The molecule has 1 aliphatic carbocycles. The van der Waals surface area contributed by atoms with E-state index in [-0.39, 0.29) is 11.4 Å². The van der Waals surface area contributed by atoms with Crippen LogP contribution in [-0.4, -0.2) is 51.7 Å².